The van der Waals surface area contributed by atoms with E-state index >= 15 is 0 Å². The van der Waals surface area contributed by atoms with E-state index in [4.69, 9.17) is 0 Å². The molecule has 0 amide bonds. The van der Waals surface area contributed by atoms with Crippen molar-refractivity contribution in [2.75, 3.05) is 20.1 Å². The van der Waals surface area contributed by atoms with Crippen molar-refractivity contribution in [2.24, 2.45) is 5.41 Å². The Labute approximate surface area is 151 Å². The molecule has 4 rings (SSSR count). The summed E-state index contributed by atoms with van der Waals surface area (Å²) in [7, 11) is 2.19. The number of aromatic nitrogens is 1. The lowest BCUT2D eigenvalue weighted by Gasteiger charge is -2.34. The summed E-state index contributed by atoms with van der Waals surface area (Å²) in [5.41, 5.74) is 0.882. The third kappa shape index (κ3) is 3.48. The second-order valence-corrected chi connectivity index (χ2v) is 8.39. The van der Waals surface area contributed by atoms with Gasteiger partial charge in [0, 0.05) is 29.7 Å². The SMILES string of the molecule is CN(Cc1nccs1)C1CC12CCN(Cc1cccc(F)c1F)CC2. The molecule has 1 aliphatic heterocycles. The van der Waals surface area contributed by atoms with Gasteiger partial charge in [0.2, 0.25) is 0 Å². The van der Waals surface area contributed by atoms with Gasteiger partial charge in [0.05, 0.1) is 6.54 Å². The van der Waals surface area contributed by atoms with Crippen LogP contribution in [0.4, 0.5) is 8.78 Å². The largest absolute Gasteiger partial charge is 0.299 e. The molecule has 0 bridgehead atoms. The van der Waals surface area contributed by atoms with Gasteiger partial charge in [-0.05, 0) is 50.9 Å². The van der Waals surface area contributed by atoms with Gasteiger partial charge in [-0.3, -0.25) is 9.80 Å². The van der Waals surface area contributed by atoms with E-state index in [2.05, 4.69) is 21.8 Å². The van der Waals surface area contributed by atoms with Gasteiger partial charge in [-0.2, -0.15) is 0 Å². The monoisotopic (exact) mass is 363 g/mol. The zero-order chi connectivity index (χ0) is 17.4. The molecule has 3 nitrogen and oxygen atoms in total. The molecule has 1 aromatic carbocycles. The van der Waals surface area contributed by atoms with Gasteiger partial charge in [0.25, 0.3) is 0 Å². The van der Waals surface area contributed by atoms with Gasteiger partial charge in [0.1, 0.15) is 5.01 Å². The summed E-state index contributed by atoms with van der Waals surface area (Å²) in [6, 6.07) is 5.08. The second-order valence-electron chi connectivity index (χ2n) is 7.41. The highest BCUT2D eigenvalue weighted by Gasteiger charge is 2.56. The molecule has 2 heterocycles. The highest BCUT2D eigenvalue weighted by Crippen LogP contribution is 2.56. The normalized spacial score (nSPS) is 22.6. The van der Waals surface area contributed by atoms with Crippen LogP contribution in [0.25, 0.3) is 0 Å². The zero-order valence-corrected chi connectivity index (χ0v) is 15.2. The molecule has 25 heavy (non-hydrogen) atoms. The number of benzene rings is 1. The summed E-state index contributed by atoms with van der Waals surface area (Å²) in [5, 5.41) is 3.19. The van der Waals surface area contributed by atoms with Crippen molar-refractivity contribution >= 4 is 11.3 Å². The molecule has 0 radical (unpaired) electrons. The Kier molecular flexibility index (Phi) is 4.60. The lowest BCUT2D eigenvalue weighted by atomic mass is 9.92. The fourth-order valence-electron chi connectivity index (χ4n) is 4.21. The average Bonchev–Trinajstić information content (AvgIpc) is 3.05. The number of thiazole rings is 1. The van der Waals surface area contributed by atoms with Crippen LogP contribution in [-0.4, -0.2) is 41.0 Å². The maximum Gasteiger partial charge on any atom is 0.163 e. The van der Waals surface area contributed by atoms with E-state index < -0.39 is 11.6 Å². The predicted molar refractivity (Wildman–Crippen MR) is 95.3 cm³/mol. The van der Waals surface area contributed by atoms with Crippen molar-refractivity contribution in [2.45, 2.75) is 38.4 Å². The van der Waals surface area contributed by atoms with E-state index in [0.717, 1.165) is 32.5 Å². The van der Waals surface area contributed by atoms with Crippen molar-refractivity contribution in [1.29, 1.82) is 0 Å². The lowest BCUT2D eigenvalue weighted by Crippen LogP contribution is -2.37. The summed E-state index contributed by atoms with van der Waals surface area (Å²) in [4.78, 5) is 9.06. The van der Waals surface area contributed by atoms with Crippen molar-refractivity contribution in [1.82, 2.24) is 14.8 Å². The van der Waals surface area contributed by atoms with Crippen molar-refractivity contribution in [3.05, 3.63) is 52.0 Å². The smallest absolute Gasteiger partial charge is 0.163 e. The highest BCUT2D eigenvalue weighted by atomic mass is 32.1. The molecule has 1 saturated heterocycles. The number of hydrogen-bond donors (Lipinski definition) is 0. The third-order valence-corrected chi connectivity index (χ3v) is 6.59. The van der Waals surface area contributed by atoms with Crippen LogP contribution in [-0.2, 0) is 13.1 Å². The quantitative estimate of drug-likeness (QED) is 0.803. The maximum absolute atomic E-state index is 13.9. The standard InChI is InChI=1S/C19H23F2N3S/c1-23(13-17-22-7-10-25-17)16-11-19(16)5-8-24(9-6-19)12-14-3-2-4-15(20)18(14)21/h2-4,7,10,16H,5-6,8-9,11-13H2,1H3. The van der Waals surface area contributed by atoms with Crippen LogP contribution in [0, 0.1) is 17.0 Å². The van der Waals surface area contributed by atoms with E-state index in [1.54, 1.807) is 23.5 Å². The number of hydrogen-bond acceptors (Lipinski definition) is 4. The molecule has 1 saturated carbocycles. The molecule has 6 heteroatoms. The Bertz CT molecular complexity index is 726. The number of likely N-dealkylation sites (tertiary alicyclic amines) is 1. The topological polar surface area (TPSA) is 19.4 Å². The Morgan fingerprint density at radius 2 is 2.12 bits per heavy atom. The Morgan fingerprint density at radius 3 is 2.84 bits per heavy atom. The first-order valence-corrected chi connectivity index (χ1v) is 9.69. The van der Waals surface area contributed by atoms with E-state index in [1.807, 2.05) is 11.6 Å². The van der Waals surface area contributed by atoms with Crippen LogP contribution in [0.5, 0.6) is 0 Å². The van der Waals surface area contributed by atoms with Crippen molar-refractivity contribution < 1.29 is 8.78 Å². The molecule has 2 aromatic rings. The Morgan fingerprint density at radius 1 is 1.32 bits per heavy atom. The average molecular weight is 363 g/mol. The fourth-order valence-corrected chi connectivity index (χ4v) is 4.89. The van der Waals surface area contributed by atoms with Gasteiger partial charge in [-0.15, -0.1) is 11.3 Å². The molecular weight excluding hydrogens is 340 g/mol. The number of nitrogens with zero attached hydrogens (tertiary/aromatic N) is 3. The Hall–Kier alpha value is -1.37. The van der Waals surface area contributed by atoms with Crippen molar-refractivity contribution in [3.63, 3.8) is 0 Å². The minimum absolute atomic E-state index is 0.420. The third-order valence-electron chi connectivity index (χ3n) is 5.82. The molecule has 1 unspecified atom stereocenters. The second kappa shape index (κ2) is 6.74. The van der Waals surface area contributed by atoms with Crippen LogP contribution in [0.2, 0.25) is 0 Å². The summed E-state index contributed by atoms with van der Waals surface area (Å²) < 4.78 is 27.2. The van der Waals surface area contributed by atoms with Gasteiger partial charge >= 0.3 is 0 Å². The molecule has 2 aliphatic rings. The summed E-state index contributed by atoms with van der Waals surface area (Å²) >= 11 is 1.71. The molecular formula is C19H23F2N3S. The molecule has 1 spiro atoms. The van der Waals surface area contributed by atoms with E-state index in [9.17, 15) is 8.78 Å². The van der Waals surface area contributed by atoms with E-state index in [1.165, 1.54) is 17.5 Å². The molecule has 1 aliphatic carbocycles. The minimum Gasteiger partial charge on any atom is -0.299 e. The van der Waals surface area contributed by atoms with Crippen LogP contribution in [0.15, 0.2) is 29.8 Å². The number of piperidine rings is 1. The van der Waals surface area contributed by atoms with Crippen LogP contribution in [0.1, 0.15) is 29.8 Å². The first kappa shape index (κ1) is 17.1. The molecule has 1 atom stereocenters. The number of rotatable bonds is 5. The predicted octanol–water partition coefficient (Wildman–Crippen LogP) is 3.91. The van der Waals surface area contributed by atoms with Crippen LogP contribution < -0.4 is 0 Å². The first-order chi connectivity index (χ1) is 12.1. The summed E-state index contributed by atoms with van der Waals surface area (Å²) in [5.74, 6) is -1.45. The minimum atomic E-state index is -0.753. The lowest BCUT2D eigenvalue weighted by molar-refractivity contribution is 0.138. The molecule has 134 valence electrons. The van der Waals surface area contributed by atoms with Gasteiger partial charge < -0.3 is 0 Å². The van der Waals surface area contributed by atoms with Gasteiger partial charge in [-0.1, -0.05) is 12.1 Å². The van der Waals surface area contributed by atoms with Crippen LogP contribution >= 0.6 is 11.3 Å². The zero-order valence-electron chi connectivity index (χ0n) is 14.4. The molecule has 2 fully saturated rings. The van der Waals surface area contributed by atoms with E-state index in [0.29, 0.717) is 23.6 Å². The van der Waals surface area contributed by atoms with Gasteiger partial charge in [-0.25, -0.2) is 13.8 Å². The summed E-state index contributed by atoms with van der Waals surface area (Å²) in [6.45, 7) is 3.33. The van der Waals surface area contributed by atoms with Gasteiger partial charge in [0.15, 0.2) is 11.6 Å². The van der Waals surface area contributed by atoms with Crippen molar-refractivity contribution in [3.8, 4) is 0 Å². The molecule has 1 aromatic heterocycles. The number of halogens is 2. The van der Waals surface area contributed by atoms with Crippen LogP contribution in [0.3, 0.4) is 0 Å². The first-order valence-electron chi connectivity index (χ1n) is 8.81. The Balaban J connectivity index is 1.31. The van der Waals surface area contributed by atoms with E-state index in [-0.39, 0.29) is 0 Å². The summed E-state index contributed by atoms with van der Waals surface area (Å²) in [6.07, 6.45) is 5.38. The highest BCUT2D eigenvalue weighted by molar-refractivity contribution is 7.09. The maximum atomic E-state index is 13.9. The molecule has 0 N–H and O–H groups in total. The fraction of sp³-hybridized carbons (Fsp3) is 0.526.